The first kappa shape index (κ1) is 21.0. The predicted molar refractivity (Wildman–Crippen MR) is 106 cm³/mol. The molecule has 1 aliphatic rings. The van der Waals surface area contributed by atoms with Crippen molar-refractivity contribution >= 4 is 45.2 Å². The van der Waals surface area contributed by atoms with Gasteiger partial charge in [0.2, 0.25) is 5.91 Å². The van der Waals surface area contributed by atoms with Crippen molar-refractivity contribution in [2.24, 2.45) is 5.73 Å². The van der Waals surface area contributed by atoms with Crippen LogP contribution in [0.3, 0.4) is 0 Å². The number of carbonyl (C=O) groups is 2. The zero-order chi connectivity index (χ0) is 19.5. The van der Waals surface area contributed by atoms with Gasteiger partial charge in [0.1, 0.15) is 11.6 Å². The van der Waals surface area contributed by atoms with Crippen LogP contribution in [0.5, 0.6) is 0 Å². The third kappa shape index (κ3) is 5.34. The van der Waals surface area contributed by atoms with E-state index in [1.807, 2.05) is 20.8 Å². The van der Waals surface area contributed by atoms with Crippen LogP contribution in [0.15, 0.2) is 16.6 Å². The largest absolute Gasteiger partial charge is 0.444 e. The third-order valence-corrected chi connectivity index (χ3v) is 5.06. The maximum absolute atomic E-state index is 12.8. The molecule has 1 aromatic carbocycles. The fourth-order valence-electron chi connectivity index (χ4n) is 2.81. The van der Waals surface area contributed by atoms with Crippen molar-refractivity contribution in [3.05, 3.63) is 27.2 Å². The summed E-state index contributed by atoms with van der Waals surface area (Å²) in [6.07, 6.45) is 1.87. The van der Waals surface area contributed by atoms with E-state index in [2.05, 4.69) is 21.2 Å². The van der Waals surface area contributed by atoms with Gasteiger partial charge in [0.25, 0.3) is 0 Å². The molecule has 6 nitrogen and oxygen atoms in total. The molecule has 0 saturated carbocycles. The molecule has 2 amide bonds. The summed E-state index contributed by atoms with van der Waals surface area (Å²) < 4.78 is 6.11. The maximum Gasteiger partial charge on any atom is 0.410 e. The lowest BCUT2D eigenvalue weighted by Crippen LogP contribution is -2.51. The van der Waals surface area contributed by atoms with Gasteiger partial charge in [-0.05, 0) is 73.7 Å². The van der Waals surface area contributed by atoms with Crippen molar-refractivity contribution in [2.75, 3.05) is 11.9 Å². The zero-order valence-electron chi connectivity index (χ0n) is 15.3. The van der Waals surface area contributed by atoms with Gasteiger partial charge in [-0.3, -0.25) is 9.69 Å². The highest BCUT2D eigenvalue weighted by Gasteiger charge is 2.35. The first-order valence-electron chi connectivity index (χ1n) is 8.61. The van der Waals surface area contributed by atoms with Gasteiger partial charge in [-0.15, -0.1) is 0 Å². The number of carbonyl (C=O) groups excluding carboxylic acids is 2. The van der Waals surface area contributed by atoms with Crippen LogP contribution in [0.25, 0.3) is 0 Å². The molecule has 1 atom stereocenters. The van der Waals surface area contributed by atoms with E-state index in [0.717, 1.165) is 18.4 Å². The number of halogens is 2. The van der Waals surface area contributed by atoms with Gasteiger partial charge in [-0.1, -0.05) is 11.6 Å². The Labute approximate surface area is 167 Å². The van der Waals surface area contributed by atoms with E-state index in [1.165, 1.54) is 4.90 Å². The average molecular weight is 447 g/mol. The van der Waals surface area contributed by atoms with Crippen molar-refractivity contribution in [1.82, 2.24) is 4.90 Å². The second-order valence-electron chi connectivity index (χ2n) is 7.30. The van der Waals surface area contributed by atoms with Crippen molar-refractivity contribution in [1.29, 1.82) is 0 Å². The van der Waals surface area contributed by atoms with Gasteiger partial charge in [0.15, 0.2) is 0 Å². The van der Waals surface area contributed by atoms with Crippen LogP contribution in [0.4, 0.5) is 10.5 Å². The minimum absolute atomic E-state index is 0.249. The Balaban J connectivity index is 2.17. The molecule has 144 valence electrons. The van der Waals surface area contributed by atoms with Crippen molar-refractivity contribution in [2.45, 2.75) is 58.2 Å². The fraction of sp³-hybridized carbons (Fsp3) is 0.556. The average Bonchev–Trinajstić information content (AvgIpc) is 2.55. The predicted octanol–water partition coefficient (Wildman–Crippen LogP) is 4.29. The number of ether oxygens (including phenoxy) is 1. The molecule has 1 aliphatic heterocycles. The number of likely N-dealkylation sites (tertiary alicyclic amines) is 1. The van der Waals surface area contributed by atoms with E-state index in [9.17, 15) is 9.59 Å². The summed E-state index contributed by atoms with van der Waals surface area (Å²) in [6, 6.07) is 2.87. The van der Waals surface area contributed by atoms with Crippen LogP contribution in [0.2, 0.25) is 5.02 Å². The van der Waals surface area contributed by atoms with E-state index in [0.29, 0.717) is 28.1 Å². The summed E-state index contributed by atoms with van der Waals surface area (Å²) in [7, 11) is 0. The van der Waals surface area contributed by atoms with E-state index >= 15 is 0 Å². The zero-order valence-corrected chi connectivity index (χ0v) is 17.6. The number of amides is 2. The van der Waals surface area contributed by atoms with Gasteiger partial charge in [0, 0.05) is 22.6 Å². The third-order valence-electron chi connectivity index (χ3n) is 4.05. The molecule has 2 rings (SSSR count). The van der Waals surface area contributed by atoms with E-state index < -0.39 is 17.7 Å². The summed E-state index contributed by atoms with van der Waals surface area (Å²) in [5, 5.41) is 3.41. The van der Waals surface area contributed by atoms with Crippen LogP contribution < -0.4 is 11.1 Å². The number of hydrogen-bond acceptors (Lipinski definition) is 4. The molecule has 0 spiro atoms. The van der Waals surface area contributed by atoms with Crippen molar-refractivity contribution in [3.63, 3.8) is 0 Å². The monoisotopic (exact) mass is 445 g/mol. The number of nitrogens with one attached hydrogen (secondary N) is 1. The van der Waals surface area contributed by atoms with Gasteiger partial charge in [0.05, 0.1) is 5.69 Å². The molecule has 8 heteroatoms. The topological polar surface area (TPSA) is 84.7 Å². The molecular weight excluding hydrogens is 422 g/mol. The van der Waals surface area contributed by atoms with Gasteiger partial charge < -0.3 is 15.8 Å². The lowest BCUT2D eigenvalue weighted by atomic mass is 10.0. The molecule has 0 aromatic heterocycles. The molecule has 1 fully saturated rings. The van der Waals surface area contributed by atoms with Gasteiger partial charge >= 0.3 is 6.09 Å². The Kier molecular flexibility index (Phi) is 6.93. The van der Waals surface area contributed by atoms with Crippen molar-refractivity contribution < 1.29 is 14.3 Å². The highest BCUT2D eigenvalue weighted by Crippen LogP contribution is 2.30. The van der Waals surface area contributed by atoms with Crippen molar-refractivity contribution in [3.8, 4) is 0 Å². The number of nitrogens with zero attached hydrogens (tertiary/aromatic N) is 1. The van der Waals surface area contributed by atoms with E-state index in [4.69, 9.17) is 22.1 Å². The van der Waals surface area contributed by atoms with Crippen LogP contribution in [0.1, 0.15) is 45.6 Å². The number of anilines is 1. The van der Waals surface area contributed by atoms with Crippen LogP contribution in [-0.2, 0) is 16.1 Å². The second kappa shape index (κ2) is 8.59. The van der Waals surface area contributed by atoms with Crippen LogP contribution in [0, 0.1) is 0 Å². The second-order valence-corrected chi connectivity index (χ2v) is 8.56. The summed E-state index contributed by atoms with van der Waals surface area (Å²) >= 11 is 9.52. The normalized spacial score (nSPS) is 17.8. The van der Waals surface area contributed by atoms with Gasteiger partial charge in [-0.2, -0.15) is 0 Å². The van der Waals surface area contributed by atoms with E-state index in [1.54, 1.807) is 12.1 Å². The Morgan fingerprint density at radius 1 is 1.38 bits per heavy atom. The Bertz CT molecular complexity index is 691. The summed E-state index contributed by atoms with van der Waals surface area (Å²) in [4.78, 5) is 26.8. The van der Waals surface area contributed by atoms with Crippen LogP contribution in [-0.4, -0.2) is 35.1 Å². The molecule has 0 aliphatic carbocycles. The number of hydrogen-bond donors (Lipinski definition) is 2. The lowest BCUT2D eigenvalue weighted by molar-refractivity contribution is -0.122. The minimum atomic E-state index is -0.606. The smallest absolute Gasteiger partial charge is 0.410 e. The molecular formula is C18H25BrClN3O3. The minimum Gasteiger partial charge on any atom is -0.444 e. The molecule has 1 heterocycles. The standard InChI is InChI=1S/C18H25BrClN3O3/c1-18(2,3)26-17(25)23-7-5-4-6-15(23)16(24)22-14-8-11(10-21)13(20)9-12(14)19/h8-9,15H,4-7,10,21H2,1-3H3,(H,22,24). The molecule has 0 radical (unpaired) electrons. The van der Waals surface area contributed by atoms with Crippen LogP contribution >= 0.6 is 27.5 Å². The Morgan fingerprint density at radius 3 is 2.69 bits per heavy atom. The quantitative estimate of drug-likeness (QED) is 0.725. The molecule has 0 bridgehead atoms. The number of rotatable bonds is 3. The number of benzene rings is 1. The SMILES string of the molecule is CC(C)(C)OC(=O)N1CCCCC1C(=O)Nc1cc(CN)c(Cl)cc1Br. The Hall–Kier alpha value is -1.31. The highest BCUT2D eigenvalue weighted by atomic mass is 79.9. The van der Waals surface area contributed by atoms with Gasteiger partial charge in [-0.25, -0.2) is 4.79 Å². The summed E-state index contributed by atoms with van der Waals surface area (Å²) in [6.45, 7) is 6.20. The summed E-state index contributed by atoms with van der Waals surface area (Å²) in [5.41, 5.74) is 6.39. The lowest BCUT2D eigenvalue weighted by Gasteiger charge is -2.35. The Morgan fingerprint density at radius 2 is 2.08 bits per heavy atom. The fourth-order valence-corrected chi connectivity index (χ4v) is 3.62. The molecule has 26 heavy (non-hydrogen) atoms. The van der Waals surface area contributed by atoms with E-state index in [-0.39, 0.29) is 12.5 Å². The maximum atomic E-state index is 12.8. The first-order chi connectivity index (χ1) is 12.1. The molecule has 1 unspecified atom stereocenters. The highest BCUT2D eigenvalue weighted by molar-refractivity contribution is 9.10. The molecule has 3 N–H and O–H groups in total. The first-order valence-corrected chi connectivity index (χ1v) is 9.78. The molecule has 1 saturated heterocycles. The molecule has 1 aromatic rings. The number of nitrogens with two attached hydrogens (primary N) is 1. The summed E-state index contributed by atoms with van der Waals surface area (Å²) in [5.74, 6) is -0.249. The number of piperidine rings is 1.